The number of rotatable bonds is 4. The van der Waals surface area contributed by atoms with E-state index in [-0.39, 0.29) is 22.3 Å². The van der Waals surface area contributed by atoms with Crippen LogP contribution in [0, 0.1) is 11.7 Å². The summed E-state index contributed by atoms with van der Waals surface area (Å²) in [7, 11) is 0. The second-order valence-electron chi connectivity index (χ2n) is 3.98. The van der Waals surface area contributed by atoms with Crippen molar-refractivity contribution in [1.29, 1.82) is 0 Å². The molecule has 0 saturated carbocycles. The Morgan fingerprint density at radius 1 is 1.44 bits per heavy atom. The lowest BCUT2D eigenvalue weighted by atomic mass is 10.0. The average molecular weight is 352 g/mol. The summed E-state index contributed by atoms with van der Waals surface area (Å²) in [6.07, 6.45) is 0.579. The van der Waals surface area contributed by atoms with Crippen molar-refractivity contribution >= 4 is 37.6 Å². The molecule has 4 heteroatoms. The molecule has 0 heterocycles. The highest BCUT2D eigenvalue weighted by molar-refractivity contribution is 9.10. The first kappa shape index (κ1) is 13.8. The molecule has 0 aliphatic heterocycles. The van der Waals surface area contributed by atoms with Crippen LogP contribution < -0.4 is 0 Å². The van der Waals surface area contributed by atoms with Crippen LogP contribution in [0.4, 0.5) is 4.39 Å². The van der Waals surface area contributed by atoms with Crippen LogP contribution in [-0.2, 0) is 11.2 Å². The number of halogens is 3. The zero-order valence-corrected chi connectivity index (χ0v) is 12.3. The van der Waals surface area contributed by atoms with Crippen LogP contribution in [0.5, 0.6) is 0 Å². The molecule has 1 aromatic carbocycles. The fourth-order valence-corrected chi connectivity index (χ4v) is 2.66. The summed E-state index contributed by atoms with van der Waals surface area (Å²) in [5.41, 5.74) is 0.934. The van der Waals surface area contributed by atoms with Crippen molar-refractivity contribution in [2.75, 3.05) is 0 Å². The van der Waals surface area contributed by atoms with Crippen LogP contribution in [0.3, 0.4) is 0 Å². The van der Waals surface area contributed by atoms with E-state index >= 15 is 0 Å². The van der Waals surface area contributed by atoms with Gasteiger partial charge in [-0.25, -0.2) is 4.39 Å². The molecule has 0 bridgehead atoms. The molecular formula is C12H13Br2FO. The molecule has 16 heavy (non-hydrogen) atoms. The van der Waals surface area contributed by atoms with Gasteiger partial charge in [0.25, 0.3) is 0 Å². The molecule has 0 saturated heterocycles. The first-order valence-corrected chi connectivity index (χ1v) is 6.74. The Labute approximate surface area is 112 Å². The van der Waals surface area contributed by atoms with Crippen molar-refractivity contribution < 1.29 is 9.18 Å². The summed E-state index contributed by atoms with van der Waals surface area (Å²) < 4.78 is 13.4. The highest BCUT2D eigenvalue weighted by Gasteiger charge is 2.18. The van der Waals surface area contributed by atoms with Crippen molar-refractivity contribution in [3.63, 3.8) is 0 Å². The van der Waals surface area contributed by atoms with Gasteiger partial charge >= 0.3 is 0 Å². The Balaban J connectivity index is 2.73. The summed E-state index contributed by atoms with van der Waals surface area (Å²) >= 11 is 6.49. The molecule has 1 nitrogen and oxygen atoms in total. The van der Waals surface area contributed by atoms with Gasteiger partial charge in [-0.1, -0.05) is 35.8 Å². The molecule has 1 unspecified atom stereocenters. The molecule has 0 aliphatic carbocycles. The van der Waals surface area contributed by atoms with Crippen LogP contribution >= 0.6 is 31.9 Å². The highest BCUT2D eigenvalue weighted by atomic mass is 79.9. The Hall–Kier alpha value is -0.220. The topological polar surface area (TPSA) is 17.1 Å². The van der Waals surface area contributed by atoms with Crippen molar-refractivity contribution in [3.05, 3.63) is 34.1 Å². The highest BCUT2D eigenvalue weighted by Crippen LogP contribution is 2.20. The van der Waals surface area contributed by atoms with Crippen LogP contribution in [0.2, 0.25) is 0 Å². The fraction of sp³-hybridized carbons (Fsp3) is 0.417. The largest absolute Gasteiger partial charge is 0.298 e. The lowest BCUT2D eigenvalue weighted by molar-refractivity contribution is -0.121. The van der Waals surface area contributed by atoms with E-state index in [1.807, 2.05) is 13.8 Å². The maximum absolute atomic E-state index is 13.0. The maximum Gasteiger partial charge on any atom is 0.149 e. The summed E-state index contributed by atoms with van der Waals surface area (Å²) in [4.78, 5) is 11.5. The molecule has 0 radical (unpaired) electrons. The van der Waals surface area contributed by atoms with E-state index in [1.54, 1.807) is 12.1 Å². The van der Waals surface area contributed by atoms with Crippen LogP contribution in [0.25, 0.3) is 0 Å². The standard InChI is InChI=1S/C12H13Br2FO/c1-7(2)12(16)10(14)6-8-3-4-11(15)9(13)5-8/h3-5,7,10H,6H2,1-2H3. The van der Waals surface area contributed by atoms with Gasteiger partial charge in [-0.05, 0) is 40.0 Å². The van der Waals surface area contributed by atoms with Gasteiger partial charge in [0.1, 0.15) is 11.6 Å². The van der Waals surface area contributed by atoms with Gasteiger partial charge in [0.05, 0.1) is 9.30 Å². The second kappa shape index (κ2) is 5.92. The lowest BCUT2D eigenvalue weighted by Gasteiger charge is -2.11. The molecule has 0 fully saturated rings. The smallest absolute Gasteiger partial charge is 0.149 e. The van der Waals surface area contributed by atoms with Gasteiger partial charge < -0.3 is 0 Å². The summed E-state index contributed by atoms with van der Waals surface area (Å²) in [6.45, 7) is 3.74. The predicted octanol–water partition coefficient (Wildman–Crippen LogP) is 4.12. The van der Waals surface area contributed by atoms with Crippen LogP contribution in [0.15, 0.2) is 22.7 Å². The van der Waals surface area contributed by atoms with E-state index in [4.69, 9.17) is 0 Å². The quantitative estimate of drug-likeness (QED) is 0.746. The number of carbonyl (C=O) groups is 1. The molecule has 0 amide bonds. The minimum absolute atomic E-state index is 0.00765. The third-order valence-electron chi connectivity index (χ3n) is 2.28. The third kappa shape index (κ3) is 3.67. The molecule has 1 aromatic rings. The van der Waals surface area contributed by atoms with Crippen molar-refractivity contribution in [1.82, 2.24) is 0 Å². The van der Waals surface area contributed by atoms with Gasteiger partial charge in [0.2, 0.25) is 0 Å². The van der Waals surface area contributed by atoms with Gasteiger partial charge in [0, 0.05) is 5.92 Å². The van der Waals surface area contributed by atoms with Crippen molar-refractivity contribution in [3.8, 4) is 0 Å². The molecule has 88 valence electrons. The van der Waals surface area contributed by atoms with Gasteiger partial charge in [-0.3, -0.25) is 4.79 Å². The number of alkyl halides is 1. The summed E-state index contributed by atoms with van der Waals surface area (Å²) in [6, 6.07) is 4.80. The number of benzene rings is 1. The van der Waals surface area contributed by atoms with E-state index in [2.05, 4.69) is 31.9 Å². The van der Waals surface area contributed by atoms with E-state index in [9.17, 15) is 9.18 Å². The van der Waals surface area contributed by atoms with E-state index < -0.39 is 0 Å². The molecule has 1 rings (SSSR count). The monoisotopic (exact) mass is 350 g/mol. The van der Waals surface area contributed by atoms with Gasteiger partial charge in [-0.15, -0.1) is 0 Å². The summed E-state index contributed by atoms with van der Waals surface area (Å²) in [5.74, 6) is -0.112. The zero-order chi connectivity index (χ0) is 12.3. The lowest BCUT2D eigenvalue weighted by Crippen LogP contribution is -2.21. The summed E-state index contributed by atoms with van der Waals surface area (Å²) in [5, 5.41) is 0. The van der Waals surface area contributed by atoms with E-state index in [0.717, 1.165) is 5.56 Å². The molecule has 0 N–H and O–H groups in total. The van der Waals surface area contributed by atoms with Crippen LogP contribution in [0.1, 0.15) is 19.4 Å². The predicted molar refractivity (Wildman–Crippen MR) is 70.4 cm³/mol. The minimum atomic E-state index is -0.287. The normalized spacial score (nSPS) is 12.9. The maximum atomic E-state index is 13.0. The van der Waals surface area contributed by atoms with Gasteiger partial charge in [0.15, 0.2) is 0 Å². The first-order chi connectivity index (χ1) is 7.41. The number of Topliss-reactive ketones (excluding diaryl/α,β-unsaturated/α-hetero) is 1. The van der Waals surface area contributed by atoms with Crippen molar-refractivity contribution in [2.45, 2.75) is 25.1 Å². The average Bonchev–Trinajstić information content (AvgIpc) is 2.22. The van der Waals surface area contributed by atoms with E-state index in [1.165, 1.54) is 6.07 Å². The Bertz CT molecular complexity index is 391. The Kier molecular flexibility index (Phi) is 5.12. The Morgan fingerprint density at radius 3 is 2.56 bits per heavy atom. The number of hydrogen-bond acceptors (Lipinski definition) is 1. The van der Waals surface area contributed by atoms with E-state index in [0.29, 0.717) is 10.9 Å². The second-order valence-corrected chi connectivity index (χ2v) is 5.94. The number of ketones is 1. The first-order valence-electron chi connectivity index (χ1n) is 5.03. The SMILES string of the molecule is CC(C)C(=O)C(Br)Cc1ccc(F)c(Br)c1. The minimum Gasteiger partial charge on any atom is -0.298 e. The number of carbonyl (C=O) groups excluding carboxylic acids is 1. The zero-order valence-electron chi connectivity index (χ0n) is 9.14. The molecule has 0 aliphatic rings. The van der Waals surface area contributed by atoms with Crippen molar-refractivity contribution in [2.24, 2.45) is 5.92 Å². The number of hydrogen-bond donors (Lipinski definition) is 0. The van der Waals surface area contributed by atoms with Crippen LogP contribution in [-0.4, -0.2) is 10.6 Å². The molecule has 0 aromatic heterocycles. The van der Waals surface area contributed by atoms with Gasteiger partial charge in [-0.2, -0.15) is 0 Å². The molecular weight excluding hydrogens is 339 g/mol. The molecule has 0 spiro atoms. The fourth-order valence-electron chi connectivity index (χ4n) is 1.34. The third-order valence-corrected chi connectivity index (χ3v) is 3.66. The molecule has 1 atom stereocenters. The Morgan fingerprint density at radius 2 is 2.06 bits per heavy atom.